The van der Waals surface area contributed by atoms with Crippen molar-refractivity contribution in [3.63, 3.8) is 0 Å². The fourth-order valence-corrected chi connectivity index (χ4v) is 3.27. The number of rotatable bonds is 5. The molecule has 3 nitrogen and oxygen atoms in total. The Hall–Kier alpha value is -1.20. The lowest BCUT2D eigenvalue weighted by Crippen LogP contribution is -1.97. The highest BCUT2D eigenvalue weighted by Gasteiger charge is 2.05. The van der Waals surface area contributed by atoms with Gasteiger partial charge in [0.2, 0.25) is 0 Å². The Bertz CT molecular complexity index is 557. The highest BCUT2D eigenvalue weighted by atomic mass is 32.2. The van der Waals surface area contributed by atoms with E-state index in [9.17, 15) is 0 Å². The van der Waals surface area contributed by atoms with Crippen LogP contribution in [0, 0.1) is 13.8 Å². The summed E-state index contributed by atoms with van der Waals surface area (Å²) >= 11 is 3.31. The van der Waals surface area contributed by atoms with Crippen molar-refractivity contribution in [3.05, 3.63) is 41.0 Å². The van der Waals surface area contributed by atoms with Crippen LogP contribution in [-0.2, 0) is 5.75 Å². The van der Waals surface area contributed by atoms with Crippen molar-refractivity contribution in [2.75, 3.05) is 18.6 Å². The van der Waals surface area contributed by atoms with Gasteiger partial charge in [-0.25, -0.2) is 9.97 Å². The van der Waals surface area contributed by atoms with Crippen LogP contribution >= 0.6 is 23.5 Å². The maximum Gasteiger partial charge on any atom is 0.190 e. The van der Waals surface area contributed by atoms with Crippen molar-refractivity contribution in [1.29, 1.82) is 0 Å². The van der Waals surface area contributed by atoms with Gasteiger partial charge in [0.15, 0.2) is 5.16 Å². The molecular formula is C15H19N3S2. The Morgan fingerprint density at radius 1 is 1.05 bits per heavy atom. The SMILES string of the molecule is CNc1cc(SCc2cc(C)cc(C)c2)nc(SC)n1. The zero-order valence-corrected chi connectivity index (χ0v) is 13.9. The highest BCUT2D eigenvalue weighted by molar-refractivity contribution is 7.99. The van der Waals surface area contributed by atoms with E-state index in [1.54, 1.807) is 23.5 Å². The number of aromatic nitrogens is 2. The van der Waals surface area contributed by atoms with Crippen molar-refractivity contribution in [1.82, 2.24) is 9.97 Å². The molecule has 0 saturated carbocycles. The summed E-state index contributed by atoms with van der Waals surface area (Å²) in [6, 6.07) is 8.65. The van der Waals surface area contributed by atoms with Gasteiger partial charge in [0, 0.05) is 18.9 Å². The minimum atomic E-state index is 0.805. The predicted octanol–water partition coefficient (Wildman–Crippen LogP) is 4.15. The fraction of sp³-hybridized carbons (Fsp3) is 0.333. The predicted molar refractivity (Wildman–Crippen MR) is 88.8 cm³/mol. The summed E-state index contributed by atoms with van der Waals surface area (Å²) in [5.74, 6) is 1.79. The smallest absolute Gasteiger partial charge is 0.190 e. The molecule has 1 heterocycles. The van der Waals surface area contributed by atoms with Gasteiger partial charge in [-0.05, 0) is 25.7 Å². The molecule has 0 aliphatic carbocycles. The highest BCUT2D eigenvalue weighted by Crippen LogP contribution is 2.25. The lowest BCUT2D eigenvalue weighted by Gasteiger charge is -2.07. The van der Waals surface area contributed by atoms with Crippen LogP contribution in [0.4, 0.5) is 5.82 Å². The third-order valence-electron chi connectivity index (χ3n) is 2.79. The normalized spacial score (nSPS) is 10.6. The Kier molecular flexibility index (Phi) is 5.31. The van der Waals surface area contributed by atoms with E-state index in [4.69, 9.17) is 0 Å². The molecule has 0 saturated heterocycles. The second-order valence-electron chi connectivity index (χ2n) is 4.61. The van der Waals surface area contributed by atoms with Crippen LogP contribution in [0.15, 0.2) is 34.4 Å². The topological polar surface area (TPSA) is 37.8 Å². The first kappa shape index (κ1) is 15.2. The number of nitrogens with one attached hydrogen (secondary N) is 1. The third kappa shape index (κ3) is 4.15. The molecule has 0 radical (unpaired) electrons. The zero-order valence-electron chi connectivity index (χ0n) is 12.2. The van der Waals surface area contributed by atoms with Crippen LogP contribution < -0.4 is 5.32 Å². The monoisotopic (exact) mass is 305 g/mol. The standard InChI is InChI=1S/C15H19N3S2/c1-10-5-11(2)7-12(6-10)9-20-14-8-13(16-3)17-15(18-14)19-4/h5-8H,9H2,1-4H3,(H,16,17,18). The lowest BCUT2D eigenvalue weighted by atomic mass is 10.1. The number of nitrogens with zero attached hydrogens (tertiary/aromatic N) is 2. The third-order valence-corrected chi connectivity index (χ3v) is 4.32. The van der Waals surface area contributed by atoms with Gasteiger partial charge in [0.25, 0.3) is 0 Å². The Morgan fingerprint density at radius 2 is 1.75 bits per heavy atom. The molecule has 0 fully saturated rings. The number of aryl methyl sites for hydroxylation is 2. The number of hydrogen-bond donors (Lipinski definition) is 1. The van der Waals surface area contributed by atoms with Crippen LogP contribution in [0.25, 0.3) is 0 Å². The summed E-state index contributed by atoms with van der Waals surface area (Å²) in [5.41, 5.74) is 3.95. The van der Waals surface area contributed by atoms with Gasteiger partial charge in [-0.3, -0.25) is 0 Å². The molecule has 106 valence electrons. The minimum absolute atomic E-state index is 0.805. The van der Waals surface area contributed by atoms with E-state index in [0.717, 1.165) is 21.8 Å². The number of benzene rings is 1. The van der Waals surface area contributed by atoms with E-state index in [1.807, 2.05) is 19.4 Å². The van der Waals surface area contributed by atoms with E-state index >= 15 is 0 Å². The summed E-state index contributed by atoms with van der Waals surface area (Å²) in [6.45, 7) is 4.27. The minimum Gasteiger partial charge on any atom is -0.373 e. The average molecular weight is 305 g/mol. The molecule has 5 heteroatoms. The van der Waals surface area contributed by atoms with E-state index < -0.39 is 0 Å². The van der Waals surface area contributed by atoms with E-state index in [1.165, 1.54) is 16.7 Å². The molecule has 0 atom stereocenters. The van der Waals surface area contributed by atoms with Crippen molar-refractivity contribution in [3.8, 4) is 0 Å². The van der Waals surface area contributed by atoms with Gasteiger partial charge in [-0.1, -0.05) is 41.1 Å². The molecule has 2 aromatic rings. The zero-order chi connectivity index (χ0) is 14.5. The summed E-state index contributed by atoms with van der Waals surface area (Å²) in [5, 5.41) is 4.89. The van der Waals surface area contributed by atoms with Crippen LogP contribution in [-0.4, -0.2) is 23.3 Å². The van der Waals surface area contributed by atoms with Crippen LogP contribution in [0.5, 0.6) is 0 Å². The maximum atomic E-state index is 4.53. The molecule has 0 aliphatic heterocycles. The second-order valence-corrected chi connectivity index (χ2v) is 6.38. The Morgan fingerprint density at radius 3 is 2.35 bits per heavy atom. The summed E-state index contributed by atoms with van der Waals surface area (Å²) in [4.78, 5) is 8.92. The van der Waals surface area contributed by atoms with Gasteiger partial charge in [0.1, 0.15) is 10.8 Å². The fourth-order valence-electron chi connectivity index (χ4n) is 2.01. The first-order valence-corrected chi connectivity index (χ1v) is 8.62. The van der Waals surface area contributed by atoms with Gasteiger partial charge >= 0.3 is 0 Å². The van der Waals surface area contributed by atoms with E-state index in [2.05, 4.69) is 47.3 Å². The van der Waals surface area contributed by atoms with Crippen molar-refractivity contribution in [2.45, 2.75) is 29.8 Å². The second kappa shape index (κ2) is 6.99. The average Bonchev–Trinajstić information content (AvgIpc) is 2.43. The number of thioether (sulfide) groups is 2. The molecule has 0 unspecified atom stereocenters. The molecular weight excluding hydrogens is 286 g/mol. The maximum absolute atomic E-state index is 4.53. The van der Waals surface area contributed by atoms with Crippen LogP contribution in [0.2, 0.25) is 0 Å². The van der Waals surface area contributed by atoms with E-state index in [-0.39, 0.29) is 0 Å². The van der Waals surface area contributed by atoms with Crippen LogP contribution in [0.3, 0.4) is 0 Å². The van der Waals surface area contributed by atoms with Gasteiger partial charge < -0.3 is 5.32 Å². The number of anilines is 1. The van der Waals surface area contributed by atoms with Gasteiger partial charge in [0.05, 0.1) is 0 Å². The molecule has 0 spiro atoms. The van der Waals surface area contributed by atoms with Crippen molar-refractivity contribution >= 4 is 29.3 Å². The Labute approximate surface area is 129 Å². The molecule has 0 aliphatic rings. The van der Waals surface area contributed by atoms with E-state index in [0.29, 0.717) is 0 Å². The number of hydrogen-bond acceptors (Lipinski definition) is 5. The first-order valence-electron chi connectivity index (χ1n) is 6.41. The molecule has 0 bridgehead atoms. The van der Waals surface area contributed by atoms with Crippen LogP contribution in [0.1, 0.15) is 16.7 Å². The molecule has 2 rings (SSSR count). The molecule has 1 aromatic carbocycles. The Balaban J connectivity index is 2.13. The quantitative estimate of drug-likeness (QED) is 0.510. The first-order chi connectivity index (χ1) is 9.60. The van der Waals surface area contributed by atoms with Gasteiger partial charge in [-0.15, -0.1) is 11.8 Å². The largest absolute Gasteiger partial charge is 0.373 e. The van der Waals surface area contributed by atoms with Gasteiger partial charge in [-0.2, -0.15) is 0 Å². The molecule has 1 N–H and O–H groups in total. The summed E-state index contributed by atoms with van der Waals surface area (Å²) in [6.07, 6.45) is 1.99. The molecule has 0 amide bonds. The summed E-state index contributed by atoms with van der Waals surface area (Å²) < 4.78 is 0. The lowest BCUT2D eigenvalue weighted by molar-refractivity contribution is 0.897. The van der Waals surface area contributed by atoms with Crippen molar-refractivity contribution < 1.29 is 0 Å². The van der Waals surface area contributed by atoms with Crippen molar-refractivity contribution in [2.24, 2.45) is 0 Å². The molecule has 1 aromatic heterocycles. The summed E-state index contributed by atoms with van der Waals surface area (Å²) in [7, 11) is 1.88. The molecule has 20 heavy (non-hydrogen) atoms.